The van der Waals surface area contributed by atoms with E-state index in [1.54, 1.807) is 13.3 Å². The van der Waals surface area contributed by atoms with Gasteiger partial charge in [-0.05, 0) is 49.2 Å². The smallest absolute Gasteiger partial charge is 0.242 e. The number of benzene rings is 2. The molecule has 0 fully saturated rings. The Kier molecular flexibility index (Phi) is 5.45. The van der Waals surface area contributed by atoms with Crippen molar-refractivity contribution in [3.8, 4) is 11.5 Å². The third-order valence-electron chi connectivity index (χ3n) is 3.85. The highest BCUT2D eigenvalue weighted by Gasteiger charge is 2.23. The third kappa shape index (κ3) is 4.88. The van der Waals surface area contributed by atoms with Crippen molar-refractivity contribution in [2.24, 2.45) is 0 Å². The van der Waals surface area contributed by atoms with Gasteiger partial charge in [0.25, 0.3) is 0 Å². The first-order valence-corrected chi connectivity index (χ1v) is 10.7. The summed E-state index contributed by atoms with van der Waals surface area (Å²) < 4.78 is 22.9. The minimum Gasteiger partial charge on any atom is -0.491 e. The van der Waals surface area contributed by atoms with Crippen LogP contribution in [0.2, 0.25) is 0 Å². The number of hydrogen-bond donors (Lipinski definition) is 0. The van der Waals surface area contributed by atoms with E-state index in [2.05, 4.69) is 26.0 Å². The fourth-order valence-corrected chi connectivity index (χ4v) is 3.20. The molecule has 0 saturated heterocycles. The zero-order valence-corrected chi connectivity index (χ0v) is 16.3. The molecule has 2 aromatic carbocycles. The molecule has 0 aliphatic heterocycles. The van der Waals surface area contributed by atoms with Gasteiger partial charge in [-0.25, -0.2) is 0 Å². The second-order valence-electron chi connectivity index (χ2n) is 7.18. The van der Waals surface area contributed by atoms with Gasteiger partial charge in [-0.15, -0.1) is 0 Å². The van der Waals surface area contributed by atoms with Gasteiger partial charge in [0.1, 0.15) is 11.5 Å². The normalized spacial score (nSPS) is 12.3. The van der Waals surface area contributed by atoms with Crippen LogP contribution in [0, 0.1) is 0 Å². The first-order valence-electron chi connectivity index (χ1n) is 8.20. The van der Waals surface area contributed by atoms with Gasteiger partial charge in [-0.2, -0.15) is 0 Å². The molecule has 4 heteroatoms. The average molecular weight is 346 g/mol. The van der Waals surface area contributed by atoms with Crippen molar-refractivity contribution in [1.82, 2.24) is 0 Å². The van der Waals surface area contributed by atoms with Gasteiger partial charge in [-0.1, -0.05) is 38.1 Å². The Hall–Kier alpha value is -1.73. The SMILES string of the molecule is CC(C)Oc1ccc(C(C)(C)c2ccc(OP(C)(C)=O)cc2)cc1. The van der Waals surface area contributed by atoms with Crippen LogP contribution in [0.1, 0.15) is 38.8 Å². The molecule has 0 atom stereocenters. The molecule has 2 rings (SSSR count). The number of hydrogen-bond acceptors (Lipinski definition) is 3. The Labute approximate surface area is 145 Å². The lowest BCUT2D eigenvalue weighted by Crippen LogP contribution is -2.18. The molecule has 0 heterocycles. The van der Waals surface area contributed by atoms with Crippen LogP contribution in [-0.4, -0.2) is 19.4 Å². The van der Waals surface area contributed by atoms with Crippen LogP contribution < -0.4 is 9.26 Å². The highest BCUT2D eigenvalue weighted by atomic mass is 31.2. The minimum atomic E-state index is -2.53. The van der Waals surface area contributed by atoms with Crippen molar-refractivity contribution in [3.63, 3.8) is 0 Å². The fraction of sp³-hybridized carbons (Fsp3) is 0.400. The van der Waals surface area contributed by atoms with Crippen molar-refractivity contribution in [2.45, 2.75) is 39.2 Å². The van der Waals surface area contributed by atoms with Gasteiger partial charge in [-0.3, -0.25) is 4.57 Å². The van der Waals surface area contributed by atoms with Crippen molar-refractivity contribution >= 4 is 7.37 Å². The molecule has 130 valence electrons. The molecular weight excluding hydrogens is 319 g/mol. The van der Waals surface area contributed by atoms with E-state index in [-0.39, 0.29) is 11.5 Å². The van der Waals surface area contributed by atoms with Gasteiger partial charge >= 0.3 is 0 Å². The van der Waals surface area contributed by atoms with Crippen LogP contribution in [0.15, 0.2) is 48.5 Å². The summed E-state index contributed by atoms with van der Waals surface area (Å²) in [5.41, 5.74) is 2.25. The van der Waals surface area contributed by atoms with E-state index in [0.29, 0.717) is 5.75 Å². The Morgan fingerprint density at radius 2 is 1.25 bits per heavy atom. The van der Waals surface area contributed by atoms with E-state index in [9.17, 15) is 4.57 Å². The van der Waals surface area contributed by atoms with Crippen molar-refractivity contribution in [1.29, 1.82) is 0 Å². The maximum atomic E-state index is 11.8. The molecule has 0 saturated carbocycles. The van der Waals surface area contributed by atoms with Crippen LogP contribution in [0.5, 0.6) is 11.5 Å². The molecule has 0 radical (unpaired) electrons. The summed E-state index contributed by atoms with van der Waals surface area (Å²) in [6.45, 7) is 11.6. The molecule has 0 spiro atoms. The topological polar surface area (TPSA) is 35.5 Å². The van der Waals surface area contributed by atoms with Crippen molar-refractivity contribution in [3.05, 3.63) is 59.7 Å². The quantitative estimate of drug-likeness (QED) is 0.628. The third-order valence-corrected chi connectivity index (χ3v) is 4.50. The number of rotatable bonds is 6. The maximum absolute atomic E-state index is 11.8. The zero-order chi connectivity index (χ0) is 18.0. The van der Waals surface area contributed by atoms with Gasteiger partial charge in [0.05, 0.1) is 6.10 Å². The second kappa shape index (κ2) is 7.03. The first-order chi connectivity index (χ1) is 11.1. The average Bonchev–Trinajstić information content (AvgIpc) is 2.46. The van der Waals surface area contributed by atoms with E-state index >= 15 is 0 Å². The lowest BCUT2D eigenvalue weighted by atomic mass is 9.78. The second-order valence-corrected chi connectivity index (χ2v) is 9.87. The van der Waals surface area contributed by atoms with Gasteiger partial charge in [0.15, 0.2) is 0 Å². The summed E-state index contributed by atoms with van der Waals surface area (Å²) in [5, 5.41) is 0. The van der Waals surface area contributed by atoms with Crippen LogP contribution in [0.25, 0.3) is 0 Å². The summed E-state index contributed by atoms with van der Waals surface area (Å²) in [5.74, 6) is 1.53. The largest absolute Gasteiger partial charge is 0.491 e. The maximum Gasteiger partial charge on any atom is 0.242 e. The highest BCUT2D eigenvalue weighted by molar-refractivity contribution is 7.57. The molecule has 0 aliphatic rings. The van der Waals surface area contributed by atoms with Crippen molar-refractivity contribution in [2.75, 3.05) is 13.3 Å². The summed E-state index contributed by atoms with van der Waals surface area (Å²) in [7, 11) is -2.53. The predicted octanol–water partition coefficient (Wildman–Crippen LogP) is 5.72. The predicted molar refractivity (Wildman–Crippen MR) is 101 cm³/mol. The molecule has 0 aliphatic carbocycles. The molecule has 0 bridgehead atoms. The van der Waals surface area contributed by atoms with Gasteiger partial charge in [0.2, 0.25) is 7.37 Å². The molecular formula is C20H27O3P. The summed E-state index contributed by atoms with van der Waals surface area (Å²) >= 11 is 0. The van der Waals surface area contributed by atoms with Crippen molar-refractivity contribution < 1.29 is 13.8 Å². The Morgan fingerprint density at radius 1 is 0.833 bits per heavy atom. The molecule has 0 aromatic heterocycles. The Bertz CT molecular complexity index is 710. The Morgan fingerprint density at radius 3 is 1.62 bits per heavy atom. The van der Waals surface area contributed by atoms with E-state index in [4.69, 9.17) is 9.26 Å². The molecule has 3 nitrogen and oxygen atoms in total. The lowest BCUT2D eigenvalue weighted by molar-refractivity contribution is 0.242. The summed E-state index contributed by atoms with van der Waals surface area (Å²) in [6.07, 6.45) is 0.171. The van der Waals surface area contributed by atoms with Crippen LogP contribution in [0.3, 0.4) is 0 Å². The van der Waals surface area contributed by atoms with E-state index in [0.717, 1.165) is 5.75 Å². The fourth-order valence-electron chi connectivity index (χ4n) is 2.58. The van der Waals surface area contributed by atoms with E-state index in [1.807, 2.05) is 50.2 Å². The monoisotopic (exact) mass is 346 g/mol. The first kappa shape index (κ1) is 18.6. The molecule has 24 heavy (non-hydrogen) atoms. The van der Waals surface area contributed by atoms with E-state index < -0.39 is 7.37 Å². The molecule has 0 amide bonds. The Balaban J connectivity index is 2.21. The number of ether oxygens (including phenoxy) is 1. The van der Waals surface area contributed by atoms with Crippen LogP contribution >= 0.6 is 7.37 Å². The van der Waals surface area contributed by atoms with Gasteiger partial charge in [0, 0.05) is 18.7 Å². The summed E-state index contributed by atoms with van der Waals surface area (Å²) in [6, 6.07) is 16.1. The highest BCUT2D eigenvalue weighted by Crippen LogP contribution is 2.40. The van der Waals surface area contributed by atoms with E-state index in [1.165, 1.54) is 11.1 Å². The lowest BCUT2D eigenvalue weighted by Gasteiger charge is -2.26. The molecule has 0 unspecified atom stereocenters. The minimum absolute atomic E-state index is 0.142. The standard InChI is InChI=1S/C20H27O3P/c1-15(2)22-18-11-7-16(8-12-18)20(3,4)17-9-13-19(14-10-17)23-24(5,6)21/h7-15H,1-6H3. The molecule has 0 N–H and O–H groups in total. The summed E-state index contributed by atoms with van der Waals surface area (Å²) in [4.78, 5) is 0. The molecule has 2 aromatic rings. The van der Waals surface area contributed by atoms with Crippen LogP contribution in [0.4, 0.5) is 0 Å². The van der Waals surface area contributed by atoms with Gasteiger partial charge < -0.3 is 9.26 Å². The van der Waals surface area contributed by atoms with Crippen LogP contribution in [-0.2, 0) is 9.98 Å². The zero-order valence-electron chi connectivity index (χ0n) is 15.4.